The van der Waals surface area contributed by atoms with Crippen LogP contribution in [0.2, 0.25) is 0 Å². The van der Waals surface area contributed by atoms with E-state index >= 15 is 0 Å². The largest absolute Gasteiger partial charge is 0.484 e. The first-order valence-electron chi connectivity index (χ1n) is 5.55. The molecule has 1 aromatic rings. The summed E-state index contributed by atoms with van der Waals surface area (Å²) >= 11 is 0. The van der Waals surface area contributed by atoms with E-state index in [-0.39, 0.29) is 11.4 Å². The van der Waals surface area contributed by atoms with Gasteiger partial charge >= 0.3 is 12.1 Å². The summed E-state index contributed by atoms with van der Waals surface area (Å²) in [6, 6.07) is 4.60. The predicted molar refractivity (Wildman–Crippen MR) is 67.6 cm³/mol. The number of nitrogens with one attached hydrogen (secondary N) is 1. The number of sulfonamides is 1. The Kier molecular flexibility index (Phi) is 5.05. The molecule has 1 unspecified atom stereocenters. The van der Waals surface area contributed by atoms with Crippen LogP contribution in [0, 0.1) is 0 Å². The molecule has 10 heteroatoms. The second-order valence-electron chi connectivity index (χ2n) is 4.06. The highest BCUT2D eigenvalue weighted by Gasteiger charge is 2.29. The summed E-state index contributed by atoms with van der Waals surface area (Å²) in [4.78, 5) is 10.6. The normalized spacial score (nSPS) is 13.5. The number of benzene rings is 1. The molecule has 0 saturated carbocycles. The van der Waals surface area contributed by atoms with E-state index in [1.165, 1.54) is 0 Å². The number of hydrogen-bond donors (Lipinski definition) is 2. The lowest BCUT2D eigenvalue weighted by molar-refractivity contribution is -0.153. The van der Waals surface area contributed by atoms with Crippen LogP contribution in [0.5, 0.6) is 5.75 Å². The van der Waals surface area contributed by atoms with Crippen LogP contribution in [0.3, 0.4) is 0 Å². The molecule has 0 aliphatic heterocycles. The topological polar surface area (TPSA) is 92.7 Å². The number of ether oxygens (including phenoxy) is 1. The van der Waals surface area contributed by atoms with Gasteiger partial charge in [-0.2, -0.15) is 13.2 Å². The van der Waals surface area contributed by atoms with Crippen molar-refractivity contribution >= 4 is 21.7 Å². The van der Waals surface area contributed by atoms with Gasteiger partial charge in [-0.25, -0.2) is 8.42 Å². The van der Waals surface area contributed by atoms with Gasteiger partial charge in [-0.1, -0.05) is 0 Å². The van der Waals surface area contributed by atoms with Gasteiger partial charge in [0.1, 0.15) is 5.75 Å². The van der Waals surface area contributed by atoms with Crippen molar-refractivity contribution in [1.82, 2.24) is 0 Å². The zero-order valence-corrected chi connectivity index (χ0v) is 11.5. The van der Waals surface area contributed by atoms with E-state index in [1.54, 1.807) is 0 Å². The van der Waals surface area contributed by atoms with E-state index in [1.807, 2.05) is 4.72 Å². The third-order valence-electron chi connectivity index (χ3n) is 2.33. The summed E-state index contributed by atoms with van der Waals surface area (Å²) < 4.78 is 65.5. The van der Waals surface area contributed by atoms with Gasteiger partial charge in [-0.3, -0.25) is 9.52 Å². The van der Waals surface area contributed by atoms with Crippen molar-refractivity contribution in [2.75, 3.05) is 11.3 Å². The molecule has 0 radical (unpaired) electrons. The third kappa shape index (κ3) is 5.50. The maximum atomic E-state index is 11.9. The Morgan fingerprint density at radius 1 is 1.33 bits per heavy atom. The first-order valence-corrected chi connectivity index (χ1v) is 7.10. The Morgan fingerprint density at radius 3 is 2.29 bits per heavy atom. The highest BCUT2D eigenvalue weighted by atomic mass is 32.2. The predicted octanol–water partition coefficient (Wildman–Crippen LogP) is 1.84. The van der Waals surface area contributed by atoms with Crippen LogP contribution < -0.4 is 9.46 Å². The van der Waals surface area contributed by atoms with Crippen molar-refractivity contribution < 1.29 is 36.2 Å². The van der Waals surface area contributed by atoms with Gasteiger partial charge in [-0.15, -0.1) is 0 Å². The van der Waals surface area contributed by atoms with Crippen LogP contribution in [0.4, 0.5) is 18.9 Å². The van der Waals surface area contributed by atoms with Crippen LogP contribution in [0.1, 0.15) is 6.92 Å². The summed E-state index contributed by atoms with van der Waals surface area (Å²) in [5.74, 6) is -1.62. The first kappa shape index (κ1) is 17.1. The van der Waals surface area contributed by atoms with E-state index in [0.29, 0.717) is 0 Å². The van der Waals surface area contributed by atoms with Gasteiger partial charge in [0.15, 0.2) is 11.9 Å². The molecule has 0 aromatic heterocycles. The van der Waals surface area contributed by atoms with Crippen LogP contribution in [0.25, 0.3) is 0 Å². The molecular formula is C11H12F3NO5S. The number of rotatable bonds is 6. The number of aliphatic carboxylic acids is 1. The number of halogens is 3. The van der Waals surface area contributed by atoms with E-state index in [9.17, 15) is 26.4 Å². The van der Waals surface area contributed by atoms with Crippen molar-refractivity contribution in [1.29, 1.82) is 0 Å². The number of hydrogen-bond acceptors (Lipinski definition) is 4. The van der Waals surface area contributed by atoms with E-state index in [2.05, 4.69) is 4.74 Å². The van der Waals surface area contributed by atoms with Crippen molar-refractivity contribution in [3.63, 3.8) is 0 Å². The van der Waals surface area contributed by atoms with Gasteiger partial charge in [0.25, 0.3) is 0 Å². The van der Waals surface area contributed by atoms with Crippen molar-refractivity contribution in [3.8, 4) is 5.75 Å². The molecule has 0 fully saturated rings. The molecule has 6 nitrogen and oxygen atoms in total. The third-order valence-corrected chi connectivity index (χ3v) is 3.98. The quantitative estimate of drug-likeness (QED) is 0.832. The average Bonchev–Trinajstić information content (AvgIpc) is 2.35. The Balaban J connectivity index is 2.73. The molecule has 1 rings (SSSR count). The summed E-state index contributed by atoms with van der Waals surface area (Å²) in [6.07, 6.45) is -4.48. The molecule has 0 aliphatic carbocycles. The zero-order chi connectivity index (χ0) is 16.3. The number of carboxylic acids is 1. The minimum absolute atomic E-state index is 0.0162. The molecular weight excluding hydrogens is 315 g/mol. The summed E-state index contributed by atoms with van der Waals surface area (Å²) in [5.41, 5.74) is 0.0162. The molecule has 0 spiro atoms. The standard InChI is InChI=1S/C11H12F3NO5S/c1-7(10(16)17)21(18,19)15-8-2-4-9(5-3-8)20-6-11(12,13)14/h2-5,7,15H,6H2,1H3,(H,16,17). The van der Waals surface area contributed by atoms with Gasteiger partial charge < -0.3 is 9.84 Å². The zero-order valence-electron chi connectivity index (χ0n) is 10.7. The molecule has 0 amide bonds. The molecule has 2 N–H and O–H groups in total. The number of anilines is 1. The maximum absolute atomic E-state index is 11.9. The van der Waals surface area contributed by atoms with Gasteiger partial charge in [0, 0.05) is 5.69 Å². The monoisotopic (exact) mass is 327 g/mol. The minimum atomic E-state index is -4.48. The fourth-order valence-corrected chi connectivity index (χ4v) is 2.08. The summed E-state index contributed by atoms with van der Waals surface area (Å²) in [7, 11) is -4.13. The Morgan fingerprint density at radius 2 is 1.86 bits per heavy atom. The molecule has 21 heavy (non-hydrogen) atoms. The molecule has 0 aliphatic rings. The van der Waals surface area contributed by atoms with Gasteiger partial charge in [0.05, 0.1) is 0 Å². The molecule has 118 valence electrons. The summed E-state index contributed by atoms with van der Waals surface area (Å²) in [6.45, 7) is -0.473. The average molecular weight is 327 g/mol. The van der Waals surface area contributed by atoms with Crippen molar-refractivity contribution in [2.24, 2.45) is 0 Å². The molecule has 1 aromatic carbocycles. The maximum Gasteiger partial charge on any atom is 0.422 e. The Hall–Kier alpha value is -1.97. The second kappa shape index (κ2) is 6.20. The lowest BCUT2D eigenvalue weighted by atomic mass is 10.3. The molecule has 1 atom stereocenters. The smallest absolute Gasteiger partial charge is 0.422 e. The first-order chi connectivity index (χ1) is 9.51. The second-order valence-corrected chi connectivity index (χ2v) is 6.06. The van der Waals surface area contributed by atoms with Crippen molar-refractivity contribution in [3.05, 3.63) is 24.3 Å². The molecule has 0 bridgehead atoms. The van der Waals surface area contributed by atoms with Crippen LogP contribution in [-0.2, 0) is 14.8 Å². The SMILES string of the molecule is CC(C(=O)O)S(=O)(=O)Nc1ccc(OCC(F)(F)F)cc1. The fraction of sp³-hybridized carbons (Fsp3) is 0.364. The van der Waals surface area contributed by atoms with Gasteiger partial charge in [-0.05, 0) is 31.2 Å². The Bertz CT molecular complexity index is 597. The fourth-order valence-electron chi connectivity index (χ4n) is 1.17. The highest BCUT2D eigenvalue weighted by Crippen LogP contribution is 2.21. The van der Waals surface area contributed by atoms with Crippen LogP contribution >= 0.6 is 0 Å². The lowest BCUT2D eigenvalue weighted by Gasteiger charge is -2.12. The van der Waals surface area contributed by atoms with Crippen LogP contribution in [-0.4, -0.2) is 37.5 Å². The highest BCUT2D eigenvalue weighted by molar-refractivity contribution is 7.94. The number of alkyl halides is 3. The van der Waals surface area contributed by atoms with Crippen LogP contribution in [0.15, 0.2) is 24.3 Å². The molecule has 0 saturated heterocycles. The van der Waals surface area contributed by atoms with Gasteiger partial charge in [0.2, 0.25) is 10.0 Å². The lowest BCUT2D eigenvalue weighted by Crippen LogP contribution is -2.32. The van der Waals surface area contributed by atoms with E-state index in [4.69, 9.17) is 5.11 Å². The summed E-state index contributed by atoms with van der Waals surface area (Å²) in [5, 5.41) is 6.97. The van der Waals surface area contributed by atoms with E-state index in [0.717, 1.165) is 31.2 Å². The number of carboxylic acid groups (broad SMARTS) is 1. The number of carbonyl (C=O) groups is 1. The molecule has 0 heterocycles. The van der Waals surface area contributed by atoms with Crippen molar-refractivity contribution in [2.45, 2.75) is 18.3 Å². The minimum Gasteiger partial charge on any atom is -0.484 e. The van der Waals surface area contributed by atoms with E-state index < -0.39 is 34.0 Å². The Labute approximate surface area is 118 Å².